The molecule has 1 atom stereocenters. The lowest BCUT2D eigenvalue weighted by atomic mass is 9.88. The van der Waals surface area contributed by atoms with Crippen LogP contribution in [0.5, 0.6) is 0 Å². The van der Waals surface area contributed by atoms with Crippen molar-refractivity contribution < 1.29 is 4.79 Å². The third kappa shape index (κ3) is 4.30. The number of aromatic nitrogens is 2. The molecule has 0 bridgehead atoms. The van der Waals surface area contributed by atoms with Gasteiger partial charge in [0, 0.05) is 12.6 Å². The summed E-state index contributed by atoms with van der Waals surface area (Å²) in [6.07, 6.45) is 0.953. The lowest BCUT2D eigenvalue weighted by molar-refractivity contribution is 0.0937. The Morgan fingerprint density at radius 2 is 1.75 bits per heavy atom. The summed E-state index contributed by atoms with van der Waals surface area (Å²) in [5, 5.41) is 3.52. The zero-order valence-corrected chi connectivity index (χ0v) is 17.1. The average molecular weight is 377 g/mol. The van der Waals surface area contributed by atoms with E-state index in [-0.39, 0.29) is 16.9 Å². The van der Waals surface area contributed by atoms with Gasteiger partial charge in [-0.3, -0.25) is 14.2 Å². The summed E-state index contributed by atoms with van der Waals surface area (Å²) in [6.45, 7) is 8.41. The van der Waals surface area contributed by atoms with Gasteiger partial charge >= 0.3 is 0 Å². The van der Waals surface area contributed by atoms with Gasteiger partial charge in [0.2, 0.25) is 0 Å². The summed E-state index contributed by atoms with van der Waals surface area (Å²) in [6, 6.07) is 14.5. The Hall–Kier alpha value is -2.95. The van der Waals surface area contributed by atoms with E-state index in [1.807, 2.05) is 49.4 Å². The number of nitrogens with zero attached hydrogens (tertiary/aromatic N) is 2. The first-order chi connectivity index (χ1) is 13.2. The summed E-state index contributed by atoms with van der Waals surface area (Å²) in [7, 11) is 1.68. The number of fused-ring (bicyclic) bond motifs is 1. The number of para-hydroxylation sites is 1. The molecule has 0 radical (unpaired) electrons. The zero-order valence-electron chi connectivity index (χ0n) is 17.1. The fourth-order valence-electron chi connectivity index (χ4n) is 3.35. The first-order valence-electron chi connectivity index (χ1n) is 9.51. The molecule has 0 saturated heterocycles. The third-order valence-corrected chi connectivity index (χ3v) is 4.70. The molecule has 2 aromatic carbocycles. The molecular weight excluding hydrogens is 350 g/mol. The van der Waals surface area contributed by atoms with Gasteiger partial charge in [-0.2, -0.15) is 0 Å². The maximum atomic E-state index is 12.7. The molecule has 1 aromatic heterocycles. The second-order valence-electron chi connectivity index (χ2n) is 8.48. The summed E-state index contributed by atoms with van der Waals surface area (Å²) < 4.78 is 1.50. The van der Waals surface area contributed by atoms with Crippen LogP contribution in [0.15, 0.2) is 53.3 Å². The van der Waals surface area contributed by atoms with E-state index in [2.05, 4.69) is 31.1 Å². The summed E-state index contributed by atoms with van der Waals surface area (Å²) >= 11 is 0. The molecule has 3 rings (SSSR count). The molecule has 3 aromatic rings. The minimum Gasteiger partial charge on any atom is -0.342 e. The van der Waals surface area contributed by atoms with Gasteiger partial charge < -0.3 is 5.32 Å². The third-order valence-electron chi connectivity index (χ3n) is 4.70. The molecule has 1 heterocycles. The Morgan fingerprint density at radius 1 is 1.11 bits per heavy atom. The number of rotatable bonds is 4. The maximum Gasteiger partial charge on any atom is 0.261 e. The second-order valence-corrected chi connectivity index (χ2v) is 8.48. The van der Waals surface area contributed by atoms with Crippen LogP contribution in [0, 0.1) is 5.41 Å². The van der Waals surface area contributed by atoms with Crippen LogP contribution in [0.3, 0.4) is 0 Å². The molecule has 1 amide bonds. The van der Waals surface area contributed by atoms with Gasteiger partial charge in [0.1, 0.15) is 5.82 Å². The molecular formula is C23H27N3O2. The van der Waals surface area contributed by atoms with Crippen LogP contribution >= 0.6 is 0 Å². The predicted molar refractivity (Wildman–Crippen MR) is 112 cm³/mol. The van der Waals surface area contributed by atoms with Crippen molar-refractivity contribution in [2.75, 3.05) is 0 Å². The Kier molecular flexibility index (Phi) is 5.36. The van der Waals surface area contributed by atoms with Gasteiger partial charge in [0.05, 0.1) is 16.9 Å². The van der Waals surface area contributed by atoms with Crippen LogP contribution < -0.4 is 10.9 Å². The summed E-state index contributed by atoms with van der Waals surface area (Å²) in [4.78, 5) is 29.8. The Balaban J connectivity index is 1.80. The van der Waals surface area contributed by atoms with E-state index in [0.29, 0.717) is 22.3 Å². The van der Waals surface area contributed by atoms with Crippen molar-refractivity contribution in [1.29, 1.82) is 0 Å². The molecule has 0 fully saturated rings. The van der Waals surface area contributed by atoms with Crippen molar-refractivity contribution in [3.05, 3.63) is 75.8 Å². The Bertz CT molecular complexity index is 1060. The van der Waals surface area contributed by atoms with E-state index in [1.165, 1.54) is 10.1 Å². The first kappa shape index (κ1) is 19.8. The molecule has 0 aliphatic heterocycles. The highest BCUT2D eigenvalue weighted by molar-refractivity contribution is 5.94. The van der Waals surface area contributed by atoms with Crippen LogP contribution in [0.1, 0.15) is 55.5 Å². The molecule has 0 saturated carbocycles. The van der Waals surface area contributed by atoms with Gasteiger partial charge in [-0.1, -0.05) is 45.0 Å². The standard InChI is InChI=1S/C23H27N3O2/c1-15(20-25-19-9-7-6-8-18(19)22(28)26(20)5)24-21(27)17-12-10-16(11-13-17)14-23(2,3)4/h6-13,15H,14H2,1-5H3,(H,24,27). The number of nitrogens with one attached hydrogen (secondary N) is 1. The quantitative estimate of drug-likeness (QED) is 0.747. The number of amides is 1. The number of carbonyl (C=O) groups excluding carboxylic acids is 1. The van der Waals surface area contributed by atoms with Crippen molar-refractivity contribution in [2.24, 2.45) is 12.5 Å². The Morgan fingerprint density at radius 3 is 2.39 bits per heavy atom. The smallest absolute Gasteiger partial charge is 0.261 e. The van der Waals surface area contributed by atoms with Gasteiger partial charge in [0.15, 0.2) is 0 Å². The molecule has 5 heteroatoms. The van der Waals surface area contributed by atoms with E-state index >= 15 is 0 Å². The molecule has 1 unspecified atom stereocenters. The minimum atomic E-state index is -0.399. The van der Waals surface area contributed by atoms with E-state index in [0.717, 1.165) is 6.42 Å². The Labute approximate surface area is 165 Å². The molecule has 5 nitrogen and oxygen atoms in total. The topological polar surface area (TPSA) is 64.0 Å². The van der Waals surface area contributed by atoms with Crippen molar-refractivity contribution in [1.82, 2.24) is 14.9 Å². The molecule has 0 aliphatic carbocycles. The monoisotopic (exact) mass is 377 g/mol. The lowest BCUT2D eigenvalue weighted by Gasteiger charge is -2.19. The molecule has 28 heavy (non-hydrogen) atoms. The van der Waals surface area contributed by atoms with Crippen molar-refractivity contribution in [3.8, 4) is 0 Å². The van der Waals surface area contributed by atoms with E-state index in [1.54, 1.807) is 13.1 Å². The van der Waals surface area contributed by atoms with Crippen molar-refractivity contribution >= 4 is 16.8 Å². The lowest BCUT2D eigenvalue weighted by Crippen LogP contribution is -2.32. The highest BCUT2D eigenvalue weighted by Crippen LogP contribution is 2.21. The largest absolute Gasteiger partial charge is 0.342 e. The predicted octanol–water partition coefficient (Wildman–Crippen LogP) is 4.01. The van der Waals surface area contributed by atoms with Crippen LogP contribution in [0.2, 0.25) is 0 Å². The van der Waals surface area contributed by atoms with Gasteiger partial charge in [-0.15, -0.1) is 0 Å². The van der Waals surface area contributed by atoms with Crippen LogP contribution in [0.25, 0.3) is 10.9 Å². The van der Waals surface area contributed by atoms with Crippen LogP contribution in [-0.2, 0) is 13.5 Å². The second kappa shape index (κ2) is 7.58. The van der Waals surface area contributed by atoms with Crippen LogP contribution in [-0.4, -0.2) is 15.5 Å². The molecule has 0 spiro atoms. The molecule has 146 valence electrons. The van der Waals surface area contributed by atoms with E-state index < -0.39 is 6.04 Å². The van der Waals surface area contributed by atoms with Crippen LogP contribution in [0.4, 0.5) is 0 Å². The van der Waals surface area contributed by atoms with E-state index in [4.69, 9.17) is 0 Å². The minimum absolute atomic E-state index is 0.117. The van der Waals surface area contributed by atoms with Gasteiger partial charge in [-0.05, 0) is 48.6 Å². The average Bonchev–Trinajstić information content (AvgIpc) is 2.63. The molecule has 0 aliphatic rings. The SMILES string of the molecule is CC(NC(=O)c1ccc(CC(C)(C)C)cc1)c1nc2ccccc2c(=O)n1C. The summed E-state index contributed by atoms with van der Waals surface area (Å²) in [5.41, 5.74) is 2.51. The fraction of sp³-hybridized carbons (Fsp3) is 0.348. The first-order valence-corrected chi connectivity index (χ1v) is 9.51. The van der Waals surface area contributed by atoms with Crippen molar-refractivity contribution in [2.45, 2.75) is 40.2 Å². The van der Waals surface area contributed by atoms with E-state index in [9.17, 15) is 9.59 Å². The normalized spacial score (nSPS) is 12.8. The highest BCUT2D eigenvalue weighted by Gasteiger charge is 2.18. The van der Waals surface area contributed by atoms with Crippen molar-refractivity contribution in [3.63, 3.8) is 0 Å². The summed E-state index contributed by atoms with van der Waals surface area (Å²) in [5.74, 6) is 0.346. The number of carbonyl (C=O) groups is 1. The zero-order chi connectivity index (χ0) is 20.5. The van der Waals surface area contributed by atoms with Gasteiger partial charge in [0.25, 0.3) is 11.5 Å². The fourth-order valence-corrected chi connectivity index (χ4v) is 3.35. The maximum absolute atomic E-state index is 12.7. The highest BCUT2D eigenvalue weighted by atomic mass is 16.2. The number of hydrogen-bond donors (Lipinski definition) is 1. The van der Waals surface area contributed by atoms with Gasteiger partial charge in [-0.25, -0.2) is 4.98 Å². The number of hydrogen-bond acceptors (Lipinski definition) is 3. The number of benzene rings is 2. The molecule has 1 N–H and O–H groups in total.